The fourth-order valence-corrected chi connectivity index (χ4v) is 1.63. The van der Waals surface area contributed by atoms with E-state index in [1.165, 1.54) is 0 Å². The van der Waals surface area contributed by atoms with Gasteiger partial charge in [0, 0.05) is 13.2 Å². The van der Waals surface area contributed by atoms with E-state index in [1.807, 2.05) is 0 Å². The van der Waals surface area contributed by atoms with Crippen LogP contribution in [0.15, 0.2) is 0 Å². The third kappa shape index (κ3) is 10.2. The van der Waals surface area contributed by atoms with Crippen LogP contribution in [0, 0.1) is 11.8 Å². The Morgan fingerprint density at radius 2 is 1.47 bits per heavy atom. The fourth-order valence-electron chi connectivity index (χ4n) is 1.63. The van der Waals surface area contributed by atoms with Gasteiger partial charge in [0.15, 0.2) is 0 Å². The van der Waals surface area contributed by atoms with Crippen molar-refractivity contribution in [3.8, 4) is 0 Å². The van der Waals surface area contributed by atoms with Gasteiger partial charge < -0.3 is 4.74 Å². The van der Waals surface area contributed by atoms with Gasteiger partial charge in [-0.25, -0.2) is 0 Å². The Kier molecular flexibility index (Phi) is 9.06. The topological polar surface area (TPSA) is 30.5 Å². The molecule has 0 aromatic carbocycles. The van der Waals surface area contributed by atoms with E-state index in [0.29, 0.717) is 31.1 Å². The molecule has 0 heterocycles. The first kappa shape index (κ1) is 14.9. The van der Waals surface area contributed by atoms with Crippen molar-refractivity contribution in [1.82, 2.24) is 5.48 Å². The summed E-state index contributed by atoms with van der Waals surface area (Å²) in [4.78, 5) is 5.36. The molecule has 0 atom stereocenters. The summed E-state index contributed by atoms with van der Waals surface area (Å²) in [6.45, 7) is 10.2. The molecule has 0 saturated heterocycles. The number of hydrogen-bond acceptors (Lipinski definition) is 3. The largest absolute Gasteiger partial charge is 0.382 e. The van der Waals surface area contributed by atoms with Gasteiger partial charge >= 0.3 is 0 Å². The standard InChI is InChI=1S/C12H27NO2/c1-10(2)8-12(9-11(3)4)13-15-7-6-14-5/h10-13H,6-9H2,1-5H3. The maximum atomic E-state index is 5.36. The Balaban J connectivity index is 3.69. The Labute approximate surface area is 94.5 Å². The van der Waals surface area contributed by atoms with E-state index >= 15 is 0 Å². The summed E-state index contributed by atoms with van der Waals surface area (Å²) in [7, 11) is 1.68. The van der Waals surface area contributed by atoms with Crippen LogP contribution in [0.5, 0.6) is 0 Å². The van der Waals surface area contributed by atoms with Crippen molar-refractivity contribution in [1.29, 1.82) is 0 Å². The quantitative estimate of drug-likeness (QED) is 0.476. The summed E-state index contributed by atoms with van der Waals surface area (Å²) in [6, 6.07) is 0.460. The number of rotatable bonds is 9. The molecule has 1 N–H and O–H groups in total. The predicted octanol–water partition coefficient (Wildman–Crippen LogP) is 2.61. The fraction of sp³-hybridized carbons (Fsp3) is 1.00. The molecule has 0 spiro atoms. The highest BCUT2D eigenvalue weighted by Gasteiger charge is 2.12. The summed E-state index contributed by atoms with van der Waals surface area (Å²) in [5.41, 5.74) is 3.14. The van der Waals surface area contributed by atoms with Gasteiger partial charge in [-0.15, -0.1) is 0 Å². The van der Waals surface area contributed by atoms with Crippen LogP contribution < -0.4 is 5.48 Å². The van der Waals surface area contributed by atoms with Crippen LogP contribution >= 0.6 is 0 Å². The third-order valence-electron chi connectivity index (χ3n) is 2.15. The molecule has 0 unspecified atom stereocenters. The van der Waals surface area contributed by atoms with E-state index in [9.17, 15) is 0 Å². The molecular formula is C12H27NO2. The summed E-state index contributed by atoms with van der Waals surface area (Å²) < 4.78 is 4.92. The second-order valence-corrected chi connectivity index (χ2v) is 4.92. The lowest BCUT2D eigenvalue weighted by molar-refractivity contribution is -0.0189. The van der Waals surface area contributed by atoms with E-state index in [0.717, 1.165) is 12.8 Å². The van der Waals surface area contributed by atoms with Gasteiger partial charge in [0.1, 0.15) is 0 Å². The number of methoxy groups -OCH3 is 1. The number of hydrogen-bond donors (Lipinski definition) is 1. The Morgan fingerprint density at radius 3 is 1.87 bits per heavy atom. The van der Waals surface area contributed by atoms with E-state index in [-0.39, 0.29) is 0 Å². The lowest BCUT2D eigenvalue weighted by atomic mass is 9.96. The van der Waals surface area contributed by atoms with Gasteiger partial charge in [-0.1, -0.05) is 27.7 Å². The smallest absolute Gasteiger partial charge is 0.0915 e. The number of hydroxylamine groups is 1. The van der Waals surface area contributed by atoms with E-state index < -0.39 is 0 Å². The van der Waals surface area contributed by atoms with E-state index in [2.05, 4.69) is 33.2 Å². The molecule has 0 saturated carbocycles. The first-order valence-electron chi connectivity index (χ1n) is 5.92. The SMILES string of the molecule is COCCONC(CC(C)C)CC(C)C. The predicted molar refractivity (Wildman–Crippen MR) is 63.7 cm³/mol. The molecular weight excluding hydrogens is 190 g/mol. The van der Waals surface area contributed by atoms with Crippen molar-refractivity contribution in [2.75, 3.05) is 20.3 Å². The number of ether oxygens (including phenoxy) is 1. The van der Waals surface area contributed by atoms with Gasteiger partial charge in [0.05, 0.1) is 13.2 Å². The van der Waals surface area contributed by atoms with Gasteiger partial charge in [-0.05, 0) is 24.7 Å². The van der Waals surface area contributed by atoms with Gasteiger partial charge in [0.2, 0.25) is 0 Å². The summed E-state index contributed by atoms with van der Waals surface area (Å²) >= 11 is 0. The zero-order valence-corrected chi connectivity index (χ0v) is 10.9. The van der Waals surface area contributed by atoms with E-state index in [1.54, 1.807) is 7.11 Å². The summed E-state index contributed by atoms with van der Waals surface area (Å²) in [6.07, 6.45) is 2.32. The van der Waals surface area contributed by atoms with Crippen LogP contribution in [-0.2, 0) is 9.57 Å². The molecule has 0 bridgehead atoms. The van der Waals surface area contributed by atoms with Crippen molar-refractivity contribution >= 4 is 0 Å². The minimum Gasteiger partial charge on any atom is -0.382 e. The average Bonchev–Trinajstić information content (AvgIpc) is 2.10. The second-order valence-electron chi connectivity index (χ2n) is 4.92. The third-order valence-corrected chi connectivity index (χ3v) is 2.15. The molecule has 0 aromatic heterocycles. The molecule has 0 rings (SSSR count). The zero-order chi connectivity index (χ0) is 11.7. The molecule has 0 radical (unpaired) electrons. The molecule has 0 fully saturated rings. The maximum Gasteiger partial charge on any atom is 0.0915 e. The van der Waals surface area contributed by atoms with Crippen molar-refractivity contribution in [3.63, 3.8) is 0 Å². The Morgan fingerprint density at radius 1 is 0.933 bits per heavy atom. The normalized spacial score (nSPS) is 12.0. The molecule has 0 aromatic rings. The molecule has 3 nitrogen and oxygen atoms in total. The zero-order valence-electron chi connectivity index (χ0n) is 10.9. The first-order valence-corrected chi connectivity index (χ1v) is 5.92. The average molecular weight is 217 g/mol. The van der Waals surface area contributed by atoms with Gasteiger partial charge in [0.25, 0.3) is 0 Å². The first-order chi connectivity index (χ1) is 7.06. The second kappa shape index (κ2) is 9.13. The lowest BCUT2D eigenvalue weighted by Gasteiger charge is -2.21. The van der Waals surface area contributed by atoms with Crippen LogP contribution in [0.25, 0.3) is 0 Å². The van der Waals surface area contributed by atoms with Crippen LogP contribution in [0.3, 0.4) is 0 Å². The molecule has 0 aliphatic rings. The van der Waals surface area contributed by atoms with Crippen molar-refractivity contribution in [2.45, 2.75) is 46.6 Å². The van der Waals surface area contributed by atoms with Crippen molar-refractivity contribution < 1.29 is 9.57 Å². The van der Waals surface area contributed by atoms with E-state index in [4.69, 9.17) is 9.57 Å². The highest BCUT2D eigenvalue weighted by Crippen LogP contribution is 2.13. The molecule has 0 aliphatic carbocycles. The van der Waals surface area contributed by atoms with Gasteiger partial charge in [-0.3, -0.25) is 4.84 Å². The van der Waals surface area contributed by atoms with Crippen LogP contribution in [0.1, 0.15) is 40.5 Å². The maximum absolute atomic E-state index is 5.36. The monoisotopic (exact) mass is 217 g/mol. The van der Waals surface area contributed by atoms with Crippen LogP contribution in [0.4, 0.5) is 0 Å². The summed E-state index contributed by atoms with van der Waals surface area (Å²) in [5.74, 6) is 1.40. The minimum atomic E-state index is 0.460. The van der Waals surface area contributed by atoms with Crippen LogP contribution in [0.2, 0.25) is 0 Å². The molecule has 0 aliphatic heterocycles. The molecule has 0 amide bonds. The molecule has 92 valence electrons. The Hall–Kier alpha value is -0.120. The van der Waals surface area contributed by atoms with Crippen molar-refractivity contribution in [3.05, 3.63) is 0 Å². The minimum absolute atomic E-state index is 0.460. The molecule has 15 heavy (non-hydrogen) atoms. The van der Waals surface area contributed by atoms with Crippen molar-refractivity contribution in [2.24, 2.45) is 11.8 Å². The lowest BCUT2D eigenvalue weighted by Crippen LogP contribution is -2.32. The highest BCUT2D eigenvalue weighted by atomic mass is 16.7. The molecule has 3 heteroatoms. The highest BCUT2D eigenvalue weighted by molar-refractivity contribution is 4.66. The number of nitrogens with one attached hydrogen (secondary N) is 1. The van der Waals surface area contributed by atoms with Crippen LogP contribution in [-0.4, -0.2) is 26.4 Å². The summed E-state index contributed by atoms with van der Waals surface area (Å²) in [5, 5.41) is 0. The van der Waals surface area contributed by atoms with Gasteiger partial charge in [-0.2, -0.15) is 5.48 Å². The Bertz CT molecular complexity index is 128.